The zero-order valence-electron chi connectivity index (χ0n) is 13.8. The number of rotatable bonds is 4. The third-order valence-corrected chi connectivity index (χ3v) is 4.33. The molecule has 3 rings (SSSR count). The Morgan fingerprint density at radius 2 is 1.96 bits per heavy atom. The Morgan fingerprint density at radius 1 is 1.26 bits per heavy atom. The highest BCUT2D eigenvalue weighted by atomic mass is 16.1. The van der Waals surface area contributed by atoms with E-state index in [1.54, 1.807) is 0 Å². The van der Waals surface area contributed by atoms with Crippen molar-refractivity contribution >= 4 is 5.91 Å². The summed E-state index contributed by atoms with van der Waals surface area (Å²) in [6, 6.07) is 10.2. The van der Waals surface area contributed by atoms with Crippen LogP contribution in [0.25, 0.3) is 0 Å². The van der Waals surface area contributed by atoms with Gasteiger partial charge < -0.3 is 10.6 Å². The van der Waals surface area contributed by atoms with Crippen LogP contribution in [0.15, 0.2) is 30.3 Å². The molecule has 1 aromatic carbocycles. The summed E-state index contributed by atoms with van der Waals surface area (Å²) in [5.74, 6) is 0.0227. The van der Waals surface area contributed by atoms with Gasteiger partial charge in [0.15, 0.2) is 0 Å². The third kappa shape index (κ3) is 3.99. The number of nitrogens with zero attached hydrogens (tertiary/aromatic N) is 2. The van der Waals surface area contributed by atoms with Crippen LogP contribution in [-0.2, 0) is 6.54 Å². The first-order chi connectivity index (χ1) is 11.1. The van der Waals surface area contributed by atoms with Gasteiger partial charge in [-0.15, -0.1) is 0 Å². The van der Waals surface area contributed by atoms with Crippen molar-refractivity contribution in [2.75, 3.05) is 13.1 Å². The molecule has 0 radical (unpaired) electrons. The summed E-state index contributed by atoms with van der Waals surface area (Å²) in [6.45, 7) is 6.74. The van der Waals surface area contributed by atoms with Crippen molar-refractivity contribution in [3.63, 3.8) is 0 Å². The lowest BCUT2D eigenvalue weighted by Gasteiger charge is -2.23. The molecule has 5 nitrogen and oxygen atoms in total. The number of benzene rings is 1. The topological polar surface area (TPSA) is 59.0 Å². The molecule has 0 atom stereocenters. The maximum Gasteiger partial charge on any atom is 0.251 e. The zero-order chi connectivity index (χ0) is 16.2. The second-order valence-corrected chi connectivity index (χ2v) is 6.28. The van der Waals surface area contributed by atoms with Gasteiger partial charge in [-0.25, -0.2) is 0 Å². The predicted octanol–water partition coefficient (Wildman–Crippen LogP) is 2.03. The molecule has 1 aromatic heterocycles. The van der Waals surface area contributed by atoms with Crippen LogP contribution in [0.2, 0.25) is 0 Å². The van der Waals surface area contributed by atoms with Crippen LogP contribution in [0, 0.1) is 13.8 Å². The molecule has 5 heteroatoms. The van der Waals surface area contributed by atoms with Crippen LogP contribution < -0.4 is 10.6 Å². The minimum absolute atomic E-state index is 0.0227. The van der Waals surface area contributed by atoms with Crippen molar-refractivity contribution in [3.8, 4) is 0 Å². The summed E-state index contributed by atoms with van der Waals surface area (Å²) in [5.41, 5.74) is 4.05. The number of hydrogen-bond acceptors (Lipinski definition) is 3. The van der Waals surface area contributed by atoms with Gasteiger partial charge in [0.05, 0.1) is 12.2 Å². The molecule has 2 heterocycles. The van der Waals surface area contributed by atoms with Crippen LogP contribution in [0.5, 0.6) is 0 Å². The summed E-state index contributed by atoms with van der Waals surface area (Å²) < 4.78 is 1.99. The molecule has 0 aliphatic carbocycles. The number of nitrogens with one attached hydrogen (secondary N) is 2. The fraction of sp³-hybridized carbons (Fsp3) is 0.444. The minimum Gasteiger partial charge on any atom is -0.349 e. The minimum atomic E-state index is 0.0227. The van der Waals surface area contributed by atoms with Crippen molar-refractivity contribution < 1.29 is 4.79 Å². The summed E-state index contributed by atoms with van der Waals surface area (Å²) in [5, 5.41) is 10.9. The lowest BCUT2D eigenvalue weighted by molar-refractivity contribution is 0.0929. The van der Waals surface area contributed by atoms with Gasteiger partial charge in [0, 0.05) is 17.3 Å². The molecule has 0 spiro atoms. The van der Waals surface area contributed by atoms with Crippen molar-refractivity contribution in [1.82, 2.24) is 20.4 Å². The fourth-order valence-corrected chi connectivity index (χ4v) is 3.00. The Labute approximate surface area is 137 Å². The SMILES string of the molecule is Cc1cc(C)n(Cc2ccc(C(=O)NC3CCNCC3)cc2)n1. The molecule has 1 fully saturated rings. The smallest absolute Gasteiger partial charge is 0.251 e. The molecule has 2 aromatic rings. The molecule has 1 aliphatic rings. The number of aryl methyl sites for hydroxylation is 2. The molecule has 23 heavy (non-hydrogen) atoms. The van der Waals surface area contributed by atoms with E-state index in [0.717, 1.165) is 55.0 Å². The number of carbonyl (C=O) groups is 1. The van der Waals surface area contributed by atoms with Crippen LogP contribution in [0.1, 0.15) is 40.2 Å². The number of amides is 1. The van der Waals surface area contributed by atoms with Crippen molar-refractivity contribution in [2.45, 2.75) is 39.3 Å². The van der Waals surface area contributed by atoms with Gasteiger partial charge in [-0.1, -0.05) is 12.1 Å². The first-order valence-corrected chi connectivity index (χ1v) is 8.23. The molecular weight excluding hydrogens is 288 g/mol. The van der Waals surface area contributed by atoms with Crippen LogP contribution in [0.3, 0.4) is 0 Å². The lowest BCUT2D eigenvalue weighted by atomic mass is 10.1. The highest BCUT2D eigenvalue weighted by Gasteiger charge is 2.16. The molecule has 1 amide bonds. The Kier molecular flexibility index (Phi) is 4.76. The number of hydrogen-bond donors (Lipinski definition) is 2. The van der Waals surface area contributed by atoms with E-state index in [0.29, 0.717) is 0 Å². The lowest BCUT2D eigenvalue weighted by Crippen LogP contribution is -2.42. The summed E-state index contributed by atoms with van der Waals surface area (Å²) in [4.78, 5) is 12.3. The molecule has 0 unspecified atom stereocenters. The van der Waals surface area contributed by atoms with Crippen molar-refractivity contribution in [1.29, 1.82) is 0 Å². The number of carbonyl (C=O) groups excluding carboxylic acids is 1. The van der Waals surface area contributed by atoms with E-state index in [1.807, 2.05) is 35.9 Å². The molecule has 2 N–H and O–H groups in total. The normalized spacial score (nSPS) is 15.6. The number of aromatic nitrogens is 2. The predicted molar refractivity (Wildman–Crippen MR) is 90.6 cm³/mol. The Balaban J connectivity index is 1.62. The van der Waals surface area contributed by atoms with Gasteiger partial charge in [0.1, 0.15) is 0 Å². The van der Waals surface area contributed by atoms with E-state index in [1.165, 1.54) is 0 Å². The molecular formula is C18H24N4O. The van der Waals surface area contributed by atoms with Crippen LogP contribution in [0.4, 0.5) is 0 Å². The van der Waals surface area contributed by atoms with E-state index in [4.69, 9.17) is 0 Å². The second kappa shape index (κ2) is 6.96. The Hall–Kier alpha value is -2.14. The molecule has 0 bridgehead atoms. The first-order valence-electron chi connectivity index (χ1n) is 8.23. The Bertz CT molecular complexity index is 669. The molecule has 1 saturated heterocycles. The van der Waals surface area contributed by atoms with Gasteiger partial charge >= 0.3 is 0 Å². The van der Waals surface area contributed by atoms with Crippen molar-refractivity contribution in [3.05, 3.63) is 52.8 Å². The highest BCUT2D eigenvalue weighted by molar-refractivity contribution is 5.94. The maximum absolute atomic E-state index is 12.3. The number of piperidine rings is 1. The fourth-order valence-electron chi connectivity index (χ4n) is 3.00. The highest BCUT2D eigenvalue weighted by Crippen LogP contribution is 2.10. The van der Waals surface area contributed by atoms with E-state index in [2.05, 4.69) is 28.7 Å². The second-order valence-electron chi connectivity index (χ2n) is 6.28. The standard InChI is InChI=1S/C18H24N4O/c1-13-11-14(2)22(21-13)12-15-3-5-16(6-4-15)18(23)20-17-7-9-19-10-8-17/h3-6,11,17,19H,7-10,12H2,1-2H3,(H,20,23). The summed E-state index contributed by atoms with van der Waals surface area (Å²) in [7, 11) is 0. The Morgan fingerprint density at radius 3 is 2.57 bits per heavy atom. The van der Waals surface area contributed by atoms with E-state index in [-0.39, 0.29) is 11.9 Å². The largest absolute Gasteiger partial charge is 0.349 e. The van der Waals surface area contributed by atoms with Gasteiger partial charge in [-0.3, -0.25) is 9.48 Å². The average molecular weight is 312 g/mol. The summed E-state index contributed by atoms with van der Waals surface area (Å²) >= 11 is 0. The van der Waals surface area contributed by atoms with Gasteiger partial charge in [0.2, 0.25) is 0 Å². The van der Waals surface area contributed by atoms with Gasteiger partial charge in [-0.2, -0.15) is 5.10 Å². The summed E-state index contributed by atoms with van der Waals surface area (Å²) in [6.07, 6.45) is 2.00. The average Bonchev–Trinajstić information content (AvgIpc) is 2.86. The van der Waals surface area contributed by atoms with E-state index < -0.39 is 0 Å². The quantitative estimate of drug-likeness (QED) is 0.908. The third-order valence-electron chi connectivity index (χ3n) is 4.33. The maximum atomic E-state index is 12.3. The van der Waals surface area contributed by atoms with E-state index >= 15 is 0 Å². The van der Waals surface area contributed by atoms with Crippen LogP contribution in [-0.4, -0.2) is 34.8 Å². The van der Waals surface area contributed by atoms with Gasteiger partial charge in [-0.05, 0) is 63.5 Å². The van der Waals surface area contributed by atoms with Gasteiger partial charge in [0.25, 0.3) is 5.91 Å². The molecule has 1 aliphatic heterocycles. The first kappa shape index (κ1) is 15.7. The zero-order valence-corrected chi connectivity index (χ0v) is 13.8. The monoisotopic (exact) mass is 312 g/mol. The molecule has 122 valence electrons. The van der Waals surface area contributed by atoms with Crippen molar-refractivity contribution in [2.24, 2.45) is 0 Å². The van der Waals surface area contributed by atoms with E-state index in [9.17, 15) is 4.79 Å². The molecule has 0 saturated carbocycles. The van der Waals surface area contributed by atoms with Crippen LogP contribution >= 0.6 is 0 Å².